The van der Waals surface area contributed by atoms with Crippen molar-refractivity contribution in [1.82, 2.24) is 25.4 Å². The number of carbonyl (C=O) groups excluding carboxylic acids is 6. The minimum absolute atomic E-state index is 0.0171. The molecule has 57 heavy (non-hydrogen) atoms. The Morgan fingerprint density at radius 2 is 1.46 bits per heavy atom. The predicted octanol–water partition coefficient (Wildman–Crippen LogP) is 5.70. The SMILES string of the molecule is CCOC(=O)CCC(NC(=O)/C(C)=C/C(C(C)C)N(C)C(=O)C(NC(=O)C(NC(=O)OC(C)(C)C)C(C)(C)c1cn(C)c2ccccc12)C(C)(C)C)C(=O)OCC. The van der Waals surface area contributed by atoms with E-state index < -0.39 is 76.4 Å². The van der Waals surface area contributed by atoms with Gasteiger partial charge in [-0.3, -0.25) is 19.2 Å². The molecule has 4 amide bonds. The fourth-order valence-electron chi connectivity index (χ4n) is 6.58. The lowest BCUT2D eigenvalue weighted by molar-refractivity contribution is -0.148. The van der Waals surface area contributed by atoms with Crippen molar-refractivity contribution in [1.29, 1.82) is 0 Å². The molecule has 3 N–H and O–H groups in total. The Hall–Kier alpha value is -4.88. The van der Waals surface area contributed by atoms with Gasteiger partial charge in [0.1, 0.15) is 23.7 Å². The molecule has 0 fully saturated rings. The maximum Gasteiger partial charge on any atom is 0.408 e. The van der Waals surface area contributed by atoms with E-state index in [0.29, 0.717) is 0 Å². The zero-order valence-corrected chi connectivity index (χ0v) is 36.7. The fourth-order valence-corrected chi connectivity index (χ4v) is 6.58. The van der Waals surface area contributed by atoms with E-state index in [1.54, 1.807) is 54.7 Å². The third kappa shape index (κ3) is 13.3. The number of carbonyl (C=O) groups is 6. The van der Waals surface area contributed by atoms with Crippen molar-refractivity contribution >= 4 is 46.7 Å². The third-order valence-electron chi connectivity index (χ3n) is 9.71. The zero-order chi connectivity index (χ0) is 43.6. The molecule has 318 valence electrons. The summed E-state index contributed by atoms with van der Waals surface area (Å²) in [5, 5.41) is 9.40. The van der Waals surface area contributed by atoms with E-state index in [0.717, 1.165) is 16.5 Å². The van der Waals surface area contributed by atoms with Crippen LogP contribution in [0.25, 0.3) is 10.9 Å². The van der Waals surface area contributed by atoms with Crippen LogP contribution in [0.15, 0.2) is 42.1 Å². The number of nitrogens with zero attached hydrogens (tertiary/aromatic N) is 2. The normalized spacial score (nSPS) is 14.6. The number of fused-ring (bicyclic) bond motifs is 1. The monoisotopic (exact) mass is 797 g/mol. The minimum Gasteiger partial charge on any atom is -0.466 e. The van der Waals surface area contributed by atoms with Crippen LogP contribution in [0, 0.1) is 11.3 Å². The summed E-state index contributed by atoms with van der Waals surface area (Å²) in [7, 11) is 3.52. The van der Waals surface area contributed by atoms with E-state index in [4.69, 9.17) is 14.2 Å². The Balaban J connectivity index is 2.50. The molecule has 14 nitrogen and oxygen atoms in total. The number of aryl methyl sites for hydroxylation is 1. The van der Waals surface area contributed by atoms with E-state index in [1.165, 1.54) is 4.90 Å². The molecule has 2 rings (SSSR count). The minimum atomic E-state index is -1.18. The van der Waals surface area contributed by atoms with Crippen molar-refractivity contribution in [2.45, 2.75) is 138 Å². The Labute approximate surface area is 338 Å². The third-order valence-corrected chi connectivity index (χ3v) is 9.71. The molecule has 14 heteroatoms. The Bertz CT molecular complexity index is 1780. The van der Waals surface area contributed by atoms with Crippen LogP contribution < -0.4 is 16.0 Å². The van der Waals surface area contributed by atoms with Crippen molar-refractivity contribution < 1.29 is 43.0 Å². The molecule has 4 atom stereocenters. The molecule has 0 spiro atoms. The lowest BCUT2D eigenvalue weighted by Crippen LogP contribution is -2.63. The summed E-state index contributed by atoms with van der Waals surface area (Å²) < 4.78 is 17.7. The molecule has 2 aromatic rings. The van der Waals surface area contributed by atoms with Crippen LogP contribution in [0.1, 0.15) is 108 Å². The number of likely N-dealkylation sites (N-methyl/N-ethyl adjacent to an activating group) is 1. The van der Waals surface area contributed by atoms with Crippen LogP contribution >= 0.6 is 0 Å². The maximum absolute atomic E-state index is 14.6. The molecule has 0 bridgehead atoms. The average molecular weight is 798 g/mol. The summed E-state index contributed by atoms with van der Waals surface area (Å²) >= 11 is 0. The first-order valence-corrected chi connectivity index (χ1v) is 19.7. The predicted molar refractivity (Wildman–Crippen MR) is 220 cm³/mol. The van der Waals surface area contributed by atoms with Gasteiger partial charge in [0.2, 0.25) is 17.7 Å². The van der Waals surface area contributed by atoms with Crippen LogP contribution in [0.2, 0.25) is 0 Å². The number of hydrogen-bond donors (Lipinski definition) is 3. The molecule has 0 radical (unpaired) electrons. The standard InChI is InChI=1S/C43H67N5O9/c1-16-55-33(49)23-22-30(39(53)56-17-2)44-36(50)27(5)24-32(26(3)4)48(15)38(52)35(41(6,7)8)45-37(51)34(46-40(54)57-42(9,10)11)43(12,13)29-25-47(14)31-21-19-18-20-28(29)31/h18-21,24-26,30,32,34-35H,16-17,22-23H2,1-15H3,(H,44,50)(H,45,51)(H,46,54)/b27-24+. The topological polar surface area (TPSA) is 174 Å². The van der Waals surface area contributed by atoms with Gasteiger partial charge in [0.25, 0.3) is 0 Å². The summed E-state index contributed by atoms with van der Waals surface area (Å²) in [6.45, 7) is 23.4. The zero-order valence-electron chi connectivity index (χ0n) is 36.7. The second-order valence-electron chi connectivity index (χ2n) is 17.4. The molecular formula is C43H67N5O9. The molecule has 4 unspecified atom stereocenters. The van der Waals surface area contributed by atoms with Gasteiger partial charge in [-0.15, -0.1) is 0 Å². The van der Waals surface area contributed by atoms with Crippen LogP contribution in [-0.2, 0) is 50.6 Å². The van der Waals surface area contributed by atoms with Gasteiger partial charge in [-0.1, -0.05) is 72.7 Å². The number of para-hydroxylation sites is 1. The maximum atomic E-state index is 14.6. The molecule has 1 heterocycles. The number of ether oxygens (including phenoxy) is 3. The molecule has 1 aromatic heterocycles. The van der Waals surface area contributed by atoms with Crippen LogP contribution in [0.5, 0.6) is 0 Å². The van der Waals surface area contributed by atoms with Crippen LogP contribution in [0.3, 0.4) is 0 Å². The number of benzene rings is 1. The lowest BCUT2D eigenvalue weighted by atomic mass is 9.76. The highest BCUT2D eigenvalue weighted by molar-refractivity contribution is 5.97. The van der Waals surface area contributed by atoms with E-state index in [-0.39, 0.29) is 37.5 Å². The van der Waals surface area contributed by atoms with E-state index in [9.17, 15) is 28.8 Å². The van der Waals surface area contributed by atoms with Crippen LogP contribution in [-0.4, -0.2) is 95.3 Å². The van der Waals surface area contributed by atoms with Crippen molar-refractivity contribution in [2.75, 3.05) is 20.3 Å². The fraction of sp³-hybridized carbons (Fsp3) is 0.628. The highest BCUT2D eigenvalue weighted by Crippen LogP contribution is 2.35. The van der Waals surface area contributed by atoms with E-state index in [1.807, 2.05) is 90.5 Å². The van der Waals surface area contributed by atoms with Gasteiger partial charge in [0.15, 0.2) is 0 Å². The average Bonchev–Trinajstić information content (AvgIpc) is 3.45. The first-order chi connectivity index (χ1) is 26.3. The van der Waals surface area contributed by atoms with E-state index in [2.05, 4.69) is 16.0 Å². The van der Waals surface area contributed by atoms with Crippen molar-refractivity contribution in [3.05, 3.63) is 47.7 Å². The summed E-state index contributed by atoms with van der Waals surface area (Å²) in [4.78, 5) is 82.1. The molecule has 0 saturated carbocycles. The number of hydrogen-bond acceptors (Lipinski definition) is 9. The number of esters is 2. The van der Waals surface area contributed by atoms with Gasteiger partial charge in [0.05, 0.1) is 19.3 Å². The molecule has 1 aromatic carbocycles. The second-order valence-corrected chi connectivity index (χ2v) is 17.4. The van der Waals surface area contributed by atoms with Gasteiger partial charge in [-0.2, -0.15) is 0 Å². The molecule has 0 saturated heterocycles. The molecular weight excluding hydrogens is 730 g/mol. The summed E-state index contributed by atoms with van der Waals surface area (Å²) in [6, 6.07) is 3.83. The lowest BCUT2D eigenvalue weighted by Gasteiger charge is -2.40. The van der Waals surface area contributed by atoms with Gasteiger partial charge in [-0.05, 0) is 70.9 Å². The highest BCUT2D eigenvalue weighted by Gasteiger charge is 2.44. The Kier molecular flexibility index (Phi) is 16.9. The first-order valence-electron chi connectivity index (χ1n) is 19.7. The van der Waals surface area contributed by atoms with Gasteiger partial charge in [-0.25, -0.2) is 9.59 Å². The first kappa shape index (κ1) is 48.3. The number of aromatic nitrogens is 1. The van der Waals surface area contributed by atoms with E-state index >= 15 is 0 Å². The second kappa shape index (κ2) is 20.0. The molecule has 0 aliphatic carbocycles. The Morgan fingerprint density at radius 3 is 2.00 bits per heavy atom. The van der Waals surface area contributed by atoms with Crippen molar-refractivity contribution in [2.24, 2.45) is 18.4 Å². The molecule has 0 aliphatic rings. The Morgan fingerprint density at radius 1 is 0.860 bits per heavy atom. The number of rotatable bonds is 17. The number of nitrogens with one attached hydrogen (secondary N) is 3. The smallest absolute Gasteiger partial charge is 0.408 e. The summed E-state index contributed by atoms with van der Waals surface area (Å²) in [6.07, 6.45) is 2.69. The molecule has 0 aliphatic heterocycles. The van der Waals surface area contributed by atoms with Crippen molar-refractivity contribution in [3.63, 3.8) is 0 Å². The van der Waals surface area contributed by atoms with Gasteiger partial charge in [0, 0.05) is 48.6 Å². The van der Waals surface area contributed by atoms with Gasteiger partial charge < -0.3 is 39.6 Å². The highest BCUT2D eigenvalue weighted by atomic mass is 16.6. The van der Waals surface area contributed by atoms with Gasteiger partial charge >= 0.3 is 18.0 Å². The summed E-state index contributed by atoms with van der Waals surface area (Å²) in [5.41, 5.74) is -0.634. The summed E-state index contributed by atoms with van der Waals surface area (Å²) in [5.74, 6) is -2.94. The largest absolute Gasteiger partial charge is 0.466 e. The van der Waals surface area contributed by atoms with Crippen molar-refractivity contribution in [3.8, 4) is 0 Å². The van der Waals surface area contributed by atoms with Crippen LogP contribution in [0.4, 0.5) is 4.79 Å². The quantitative estimate of drug-likeness (QED) is 0.103. The number of amides is 4. The number of alkyl carbamates (subject to hydrolysis) is 1.